The third kappa shape index (κ3) is 6.90. The van der Waals surface area contributed by atoms with E-state index in [-0.39, 0.29) is 44.9 Å². The number of hydrogen-bond acceptors (Lipinski definition) is 13. The predicted molar refractivity (Wildman–Crippen MR) is 159 cm³/mol. The zero-order valence-corrected chi connectivity index (χ0v) is 23.7. The van der Waals surface area contributed by atoms with E-state index in [0.717, 1.165) is 35.9 Å². The van der Waals surface area contributed by atoms with Gasteiger partial charge in [0.2, 0.25) is 11.9 Å². The monoisotopic (exact) mass is 631 g/mol. The van der Waals surface area contributed by atoms with Crippen LogP contribution in [0.3, 0.4) is 0 Å². The number of anilines is 4. The summed E-state index contributed by atoms with van der Waals surface area (Å²) >= 11 is 0. The van der Waals surface area contributed by atoms with E-state index in [1.807, 2.05) is 13.0 Å². The number of phenols is 1. The lowest BCUT2D eigenvalue weighted by Gasteiger charge is -2.14. The lowest BCUT2D eigenvalue weighted by molar-refractivity contribution is 0.0696. The minimum atomic E-state index is -4.74. The number of benzene rings is 4. The van der Waals surface area contributed by atoms with Gasteiger partial charge in [-0.2, -0.15) is 28.5 Å². The highest BCUT2D eigenvalue weighted by Gasteiger charge is 2.19. The van der Waals surface area contributed by atoms with Gasteiger partial charge in [-0.05, 0) is 66.4 Å². The van der Waals surface area contributed by atoms with Crippen LogP contribution in [0, 0.1) is 6.92 Å². The van der Waals surface area contributed by atoms with Crippen LogP contribution < -0.4 is 10.6 Å². The van der Waals surface area contributed by atoms with E-state index < -0.39 is 44.7 Å². The molecule has 5 rings (SSSR count). The number of aryl methyl sites for hydroxylation is 1. The molecule has 0 bridgehead atoms. The first-order valence-corrected chi connectivity index (χ1v) is 14.1. The summed E-state index contributed by atoms with van der Waals surface area (Å²) in [6.45, 7) is 1.87. The van der Waals surface area contributed by atoms with Crippen molar-refractivity contribution in [1.82, 2.24) is 15.0 Å². The first-order valence-electron chi connectivity index (χ1n) is 12.6. The molecule has 1 heterocycles. The fourth-order valence-corrected chi connectivity index (χ4v) is 4.75. The highest BCUT2D eigenvalue weighted by molar-refractivity contribution is 7.85. The molecule has 5 aromatic rings. The summed E-state index contributed by atoms with van der Waals surface area (Å²) in [7, 11) is -4.74. The highest BCUT2D eigenvalue weighted by atomic mass is 32.2. The maximum absolute atomic E-state index is 12.0. The van der Waals surface area contributed by atoms with Gasteiger partial charge in [-0.25, -0.2) is 9.59 Å². The lowest BCUT2D eigenvalue weighted by atomic mass is 10.1. The van der Waals surface area contributed by atoms with Crippen LogP contribution in [-0.4, -0.2) is 60.3 Å². The van der Waals surface area contributed by atoms with Crippen molar-refractivity contribution in [3.05, 3.63) is 83.4 Å². The summed E-state index contributed by atoms with van der Waals surface area (Å²) in [5.41, 5.74) is 0.568. The number of azo groups is 1. The molecule has 7 N–H and O–H groups in total. The fraction of sp³-hybridized carbons (Fsp3) is 0.0357. The predicted octanol–water partition coefficient (Wildman–Crippen LogP) is 5.29. The largest absolute Gasteiger partial charge is 0.505 e. The number of aromatic nitrogens is 3. The Kier molecular flexibility index (Phi) is 7.95. The summed E-state index contributed by atoms with van der Waals surface area (Å²) in [6, 6.07) is 14.4. The maximum Gasteiger partial charge on any atom is 0.335 e. The van der Waals surface area contributed by atoms with Crippen LogP contribution in [0.4, 0.5) is 34.6 Å². The summed E-state index contributed by atoms with van der Waals surface area (Å²) in [5, 5.41) is 53.7. The molecule has 16 nitrogen and oxygen atoms in total. The zero-order valence-electron chi connectivity index (χ0n) is 22.9. The topological polar surface area (TPSA) is 257 Å². The molecule has 0 spiro atoms. The quantitative estimate of drug-likeness (QED) is 0.0805. The molecular formula is C28H21N7O9S. The number of fused-ring (bicyclic) bond motifs is 1. The molecule has 0 saturated carbocycles. The van der Waals surface area contributed by atoms with Crippen molar-refractivity contribution >= 4 is 67.5 Å². The van der Waals surface area contributed by atoms with Gasteiger partial charge in [0.25, 0.3) is 10.1 Å². The van der Waals surface area contributed by atoms with Gasteiger partial charge in [-0.3, -0.25) is 4.55 Å². The average molecular weight is 632 g/mol. The summed E-state index contributed by atoms with van der Waals surface area (Å²) in [5.74, 6) is -3.97. The molecule has 0 unspecified atom stereocenters. The van der Waals surface area contributed by atoms with Crippen molar-refractivity contribution in [3.63, 3.8) is 0 Å². The normalized spacial score (nSPS) is 11.5. The van der Waals surface area contributed by atoms with Crippen molar-refractivity contribution in [2.24, 2.45) is 10.2 Å². The molecule has 45 heavy (non-hydrogen) atoms. The van der Waals surface area contributed by atoms with Gasteiger partial charge < -0.3 is 31.1 Å². The van der Waals surface area contributed by atoms with Crippen LogP contribution in [-0.2, 0) is 10.1 Å². The molecule has 0 aliphatic rings. The molecule has 0 atom stereocenters. The van der Waals surface area contributed by atoms with Crippen LogP contribution >= 0.6 is 0 Å². The number of nitrogens with zero attached hydrogens (tertiary/aromatic N) is 5. The molecule has 0 radical (unpaired) electrons. The molecule has 0 fully saturated rings. The third-order valence-electron chi connectivity index (χ3n) is 6.17. The van der Waals surface area contributed by atoms with E-state index >= 15 is 0 Å². The van der Waals surface area contributed by atoms with E-state index in [9.17, 15) is 43.0 Å². The molecule has 1 aromatic heterocycles. The highest BCUT2D eigenvalue weighted by Crippen LogP contribution is 2.42. The first kappa shape index (κ1) is 30.3. The van der Waals surface area contributed by atoms with E-state index in [4.69, 9.17) is 0 Å². The second-order valence-corrected chi connectivity index (χ2v) is 10.9. The zero-order chi connectivity index (χ0) is 32.5. The lowest BCUT2D eigenvalue weighted by Crippen LogP contribution is -2.07. The van der Waals surface area contributed by atoms with Gasteiger partial charge in [0.05, 0.1) is 27.4 Å². The smallest absolute Gasteiger partial charge is 0.335 e. The number of aromatic carboxylic acids is 2. The number of nitrogens with one attached hydrogen (secondary N) is 2. The van der Waals surface area contributed by atoms with Gasteiger partial charge in [-0.15, -0.1) is 5.11 Å². The molecule has 0 amide bonds. The number of phenolic OH excluding ortho intramolecular Hbond substituents is 1. The Balaban J connectivity index is 1.58. The average Bonchev–Trinajstić information content (AvgIpc) is 2.95. The Hall–Kier alpha value is -6.20. The van der Waals surface area contributed by atoms with Gasteiger partial charge in [0.1, 0.15) is 5.69 Å². The second-order valence-electron chi connectivity index (χ2n) is 9.46. The number of aromatic hydroxyl groups is 2. The summed E-state index contributed by atoms with van der Waals surface area (Å²) in [6.07, 6.45) is 0. The molecule has 4 aromatic carbocycles. The van der Waals surface area contributed by atoms with E-state index in [2.05, 4.69) is 35.8 Å². The SMILES string of the molecule is Cc1cccc(N=Nc2ccc3cc(S(=O)(=O)O)cc(Nc4nc(O)nc(Nc5cc(C(=O)O)cc(C(=O)O)c5)n4)c3c2O)c1. The molecule has 228 valence electrons. The molecule has 0 aliphatic carbocycles. The molecule has 0 saturated heterocycles. The second kappa shape index (κ2) is 11.8. The van der Waals surface area contributed by atoms with Crippen LogP contribution in [0.2, 0.25) is 0 Å². The van der Waals surface area contributed by atoms with Gasteiger partial charge in [0, 0.05) is 11.1 Å². The van der Waals surface area contributed by atoms with Gasteiger partial charge in [0.15, 0.2) is 5.75 Å². The minimum Gasteiger partial charge on any atom is -0.505 e. The van der Waals surface area contributed by atoms with Crippen LogP contribution in [0.25, 0.3) is 10.8 Å². The Morgan fingerprint density at radius 3 is 2.09 bits per heavy atom. The van der Waals surface area contributed by atoms with Gasteiger partial charge >= 0.3 is 17.9 Å². The van der Waals surface area contributed by atoms with Crippen LogP contribution in [0.5, 0.6) is 11.8 Å². The number of carbonyl (C=O) groups is 2. The van der Waals surface area contributed by atoms with E-state index in [0.29, 0.717) is 5.69 Å². The number of carboxylic acids is 2. The Morgan fingerprint density at radius 1 is 0.800 bits per heavy atom. The van der Waals surface area contributed by atoms with Crippen LogP contribution in [0.1, 0.15) is 26.3 Å². The third-order valence-corrected chi connectivity index (χ3v) is 7.00. The van der Waals surface area contributed by atoms with E-state index in [1.165, 1.54) is 12.1 Å². The summed E-state index contributed by atoms with van der Waals surface area (Å²) in [4.78, 5) is 33.9. The molecule has 0 aliphatic heterocycles. The Bertz CT molecular complexity index is 2120. The minimum absolute atomic E-state index is 0.0139. The Morgan fingerprint density at radius 2 is 1.47 bits per heavy atom. The Labute approximate surface area is 253 Å². The molecule has 17 heteroatoms. The van der Waals surface area contributed by atoms with Crippen molar-refractivity contribution in [2.75, 3.05) is 10.6 Å². The van der Waals surface area contributed by atoms with Gasteiger partial charge in [-0.1, -0.05) is 18.2 Å². The molecular weight excluding hydrogens is 610 g/mol. The van der Waals surface area contributed by atoms with Crippen molar-refractivity contribution < 1.29 is 43.0 Å². The fourth-order valence-electron chi connectivity index (χ4n) is 4.21. The maximum atomic E-state index is 12.0. The number of hydrogen-bond donors (Lipinski definition) is 7. The first-order chi connectivity index (χ1) is 21.3. The number of carboxylic acid groups (broad SMARTS) is 2. The van der Waals surface area contributed by atoms with Crippen LogP contribution in [0.15, 0.2) is 81.9 Å². The number of rotatable bonds is 9. The summed E-state index contributed by atoms with van der Waals surface area (Å²) < 4.78 is 33.8. The standard InChI is InChI=1S/C28H21N7O9S/c1-13-3-2-4-17(7-13)34-35-20-6-5-14-11-19(45(42,43)44)12-21(22(14)23(20)36)30-27-31-26(32-28(41)33-27)29-18-9-15(24(37)38)8-16(10-18)25(39)40/h2-12,36H,1H3,(H,37,38)(H,39,40)(H,42,43,44)(H3,29,30,31,32,33,41). The van der Waals surface area contributed by atoms with Crippen molar-refractivity contribution in [1.29, 1.82) is 0 Å². The van der Waals surface area contributed by atoms with Crippen molar-refractivity contribution in [3.8, 4) is 11.8 Å². The van der Waals surface area contributed by atoms with E-state index in [1.54, 1.807) is 18.2 Å². The van der Waals surface area contributed by atoms with Crippen molar-refractivity contribution in [2.45, 2.75) is 11.8 Å².